The molecule has 0 amide bonds. The van der Waals surface area contributed by atoms with Crippen molar-refractivity contribution in [3.05, 3.63) is 29.6 Å². The van der Waals surface area contributed by atoms with Gasteiger partial charge < -0.3 is 4.98 Å². The molecule has 4 heteroatoms. The van der Waals surface area contributed by atoms with E-state index in [1.165, 1.54) is 11.3 Å². The Balaban J connectivity index is 2.18. The number of aromatic nitrogens is 4. The number of hydrogen-bond acceptors (Lipinski definition) is 3. The quantitative estimate of drug-likeness (QED) is 0.790. The molecule has 82 valence electrons. The summed E-state index contributed by atoms with van der Waals surface area (Å²) in [6, 6.07) is 0. The van der Waals surface area contributed by atoms with E-state index in [0.29, 0.717) is 5.92 Å². The van der Waals surface area contributed by atoms with E-state index in [0.717, 1.165) is 30.1 Å². The maximum Gasteiger partial charge on any atom is 0.131 e. The zero-order valence-corrected chi connectivity index (χ0v) is 9.49. The summed E-state index contributed by atoms with van der Waals surface area (Å²) in [5, 5.41) is 0. The summed E-state index contributed by atoms with van der Waals surface area (Å²) in [6.45, 7) is 4.21. The predicted octanol–water partition coefficient (Wildman–Crippen LogP) is 2.09. The Morgan fingerprint density at radius 1 is 1.19 bits per heavy atom. The second-order valence-corrected chi connectivity index (χ2v) is 4.49. The Kier molecular flexibility index (Phi) is 2.02. The summed E-state index contributed by atoms with van der Waals surface area (Å²) in [7, 11) is 0. The summed E-state index contributed by atoms with van der Waals surface area (Å²) >= 11 is 0. The zero-order valence-electron chi connectivity index (χ0n) is 9.49. The van der Waals surface area contributed by atoms with Crippen molar-refractivity contribution in [3.8, 4) is 11.4 Å². The van der Waals surface area contributed by atoms with Crippen LogP contribution in [0.25, 0.3) is 11.4 Å². The largest absolute Gasteiger partial charge is 0.348 e. The second-order valence-electron chi connectivity index (χ2n) is 4.49. The molecule has 0 saturated heterocycles. The molecule has 0 spiro atoms. The van der Waals surface area contributed by atoms with Gasteiger partial charge in [-0.3, -0.25) is 0 Å². The number of aryl methyl sites for hydroxylation is 2. The standard InChI is InChI=1S/C12H14N4/c1-7(2)12-13-5-8-3-4-9-11(10(8)16-12)15-6-14-9/h5-7H,3-4H2,1-2H3,(H,14,15). The number of hydrogen-bond donors (Lipinski definition) is 1. The highest BCUT2D eigenvalue weighted by molar-refractivity contribution is 5.63. The first kappa shape index (κ1) is 9.51. The molecule has 2 aromatic rings. The molecule has 0 saturated carbocycles. The van der Waals surface area contributed by atoms with Gasteiger partial charge >= 0.3 is 0 Å². The monoisotopic (exact) mass is 214 g/mol. The maximum absolute atomic E-state index is 4.63. The smallest absolute Gasteiger partial charge is 0.131 e. The molecule has 16 heavy (non-hydrogen) atoms. The van der Waals surface area contributed by atoms with E-state index < -0.39 is 0 Å². The Morgan fingerprint density at radius 3 is 2.88 bits per heavy atom. The summed E-state index contributed by atoms with van der Waals surface area (Å²) in [4.78, 5) is 16.6. The fourth-order valence-corrected chi connectivity index (χ4v) is 2.06. The zero-order chi connectivity index (χ0) is 11.1. The van der Waals surface area contributed by atoms with Crippen molar-refractivity contribution in [2.24, 2.45) is 0 Å². The van der Waals surface area contributed by atoms with Crippen molar-refractivity contribution < 1.29 is 0 Å². The van der Waals surface area contributed by atoms with Gasteiger partial charge in [-0.1, -0.05) is 13.8 Å². The molecule has 4 nitrogen and oxygen atoms in total. The molecular weight excluding hydrogens is 200 g/mol. The molecule has 2 aromatic heterocycles. The Labute approximate surface area is 94.2 Å². The van der Waals surface area contributed by atoms with Crippen LogP contribution in [0.2, 0.25) is 0 Å². The first-order chi connectivity index (χ1) is 7.75. The minimum Gasteiger partial charge on any atom is -0.348 e. The molecule has 3 rings (SSSR count). The number of nitrogens with one attached hydrogen (secondary N) is 1. The van der Waals surface area contributed by atoms with Crippen LogP contribution in [0.1, 0.15) is 36.8 Å². The summed E-state index contributed by atoms with van der Waals surface area (Å²) in [5.41, 5.74) is 4.43. The van der Waals surface area contributed by atoms with Crippen LogP contribution in [-0.4, -0.2) is 19.9 Å². The topological polar surface area (TPSA) is 54.5 Å². The van der Waals surface area contributed by atoms with Crippen molar-refractivity contribution in [1.82, 2.24) is 19.9 Å². The van der Waals surface area contributed by atoms with E-state index in [4.69, 9.17) is 0 Å². The molecule has 2 heterocycles. The van der Waals surface area contributed by atoms with Crippen molar-refractivity contribution in [2.45, 2.75) is 32.6 Å². The molecule has 0 unspecified atom stereocenters. The number of nitrogens with zero attached hydrogens (tertiary/aromatic N) is 3. The molecule has 0 radical (unpaired) electrons. The molecular formula is C12H14N4. The third-order valence-electron chi connectivity index (χ3n) is 2.99. The van der Waals surface area contributed by atoms with E-state index >= 15 is 0 Å². The molecule has 1 N–H and O–H groups in total. The third kappa shape index (κ3) is 1.33. The van der Waals surface area contributed by atoms with Gasteiger partial charge in [0, 0.05) is 17.8 Å². The van der Waals surface area contributed by atoms with Crippen molar-refractivity contribution in [1.29, 1.82) is 0 Å². The van der Waals surface area contributed by atoms with Gasteiger partial charge in [0.15, 0.2) is 0 Å². The molecule has 1 aliphatic carbocycles. The average Bonchev–Trinajstić information content (AvgIpc) is 2.76. The molecule has 0 atom stereocenters. The minimum absolute atomic E-state index is 0.356. The number of imidazole rings is 1. The summed E-state index contributed by atoms with van der Waals surface area (Å²) < 4.78 is 0. The van der Waals surface area contributed by atoms with Gasteiger partial charge in [0.2, 0.25) is 0 Å². The van der Waals surface area contributed by atoms with E-state index in [2.05, 4.69) is 33.8 Å². The number of rotatable bonds is 1. The number of fused-ring (bicyclic) bond motifs is 3. The van der Waals surface area contributed by atoms with E-state index in [9.17, 15) is 0 Å². The van der Waals surface area contributed by atoms with Crippen molar-refractivity contribution in [3.63, 3.8) is 0 Å². The second kappa shape index (κ2) is 3.40. The molecule has 0 aromatic carbocycles. The van der Waals surface area contributed by atoms with Gasteiger partial charge in [-0.25, -0.2) is 15.0 Å². The Morgan fingerprint density at radius 2 is 2.06 bits per heavy atom. The Hall–Kier alpha value is -1.71. The van der Waals surface area contributed by atoms with E-state index in [1.807, 2.05) is 6.20 Å². The lowest BCUT2D eigenvalue weighted by atomic mass is 9.98. The molecule has 0 aliphatic heterocycles. The van der Waals surface area contributed by atoms with Crippen molar-refractivity contribution >= 4 is 0 Å². The van der Waals surface area contributed by atoms with Crippen LogP contribution in [0.5, 0.6) is 0 Å². The lowest BCUT2D eigenvalue weighted by Gasteiger charge is -2.15. The molecule has 0 bridgehead atoms. The first-order valence-electron chi connectivity index (χ1n) is 5.64. The minimum atomic E-state index is 0.356. The van der Waals surface area contributed by atoms with Gasteiger partial charge in [0.05, 0.1) is 12.0 Å². The Bertz CT molecular complexity index is 528. The van der Waals surface area contributed by atoms with E-state index in [-0.39, 0.29) is 0 Å². The van der Waals surface area contributed by atoms with Crippen LogP contribution in [0.3, 0.4) is 0 Å². The van der Waals surface area contributed by atoms with Gasteiger partial charge in [0.25, 0.3) is 0 Å². The van der Waals surface area contributed by atoms with Crippen LogP contribution in [-0.2, 0) is 12.8 Å². The van der Waals surface area contributed by atoms with Crippen LogP contribution >= 0.6 is 0 Å². The highest BCUT2D eigenvalue weighted by Crippen LogP contribution is 2.29. The van der Waals surface area contributed by atoms with Crippen LogP contribution < -0.4 is 0 Å². The predicted molar refractivity (Wildman–Crippen MR) is 61.1 cm³/mol. The van der Waals surface area contributed by atoms with Gasteiger partial charge in [-0.05, 0) is 18.4 Å². The number of H-pyrrole nitrogens is 1. The van der Waals surface area contributed by atoms with Crippen LogP contribution in [0, 0.1) is 0 Å². The highest BCUT2D eigenvalue weighted by atomic mass is 15.0. The van der Waals surface area contributed by atoms with Gasteiger partial charge in [-0.15, -0.1) is 0 Å². The normalized spacial score (nSPS) is 13.7. The van der Waals surface area contributed by atoms with Crippen LogP contribution in [0.15, 0.2) is 12.5 Å². The van der Waals surface area contributed by atoms with E-state index in [1.54, 1.807) is 6.33 Å². The SMILES string of the molecule is CC(C)c1ncc2c(n1)-c1nc[nH]c1CC2. The molecule has 1 aliphatic rings. The van der Waals surface area contributed by atoms with Crippen molar-refractivity contribution in [2.75, 3.05) is 0 Å². The summed E-state index contributed by atoms with van der Waals surface area (Å²) in [5.74, 6) is 1.25. The first-order valence-corrected chi connectivity index (χ1v) is 5.64. The van der Waals surface area contributed by atoms with Gasteiger partial charge in [0.1, 0.15) is 11.5 Å². The molecule has 0 fully saturated rings. The lowest BCUT2D eigenvalue weighted by molar-refractivity contribution is 0.761. The fraction of sp³-hybridized carbons (Fsp3) is 0.417. The maximum atomic E-state index is 4.63. The third-order valence-corrected chi connectivity index (χ3v) is 2.99. The summed E-state index contributed by atoms with van der Waals surface area (Å²) in [6.07, 6.45) is 5.71. The fourth-order valence-electron chi connectivity index (χ4n) is 2.06. The van der Waals surface area contributed by atoms with Crippen LogP contribution in [0.4, 0.5) is 0 Å². The highest BCUT2D eigenvalue weighted by Gasteiger charge is 2.21. The lowest BCUT2D eigenvalue weighted by Crippen LogP contribution is -2.09. The average molecular weight is 214 g/mol. The number of aromatic amines is 1. The van der Waals surface area contributed by atoms with Gasteiger partial charge in [-0.2, -0.15) is 0 Å².